The molecule has 1 unspecified atom stereocenters. The van der Waals surface area contributed by atoms with E-state index in [4.69, 9.17) is 0 Å². The molecular weight excluding hydrogens is 136 g/mol. The van der Waals surface area contributed by atoms with Gasteiger partial charge in [-0.05, 0) is 31.6 Å². The van der Waals surface area contributed by atoms with Gasteiger partial charge < -0.3 is 5.11 Å². The summed E-state index contributed by atoms with van der Waals surface area (Å²) in [5, 5.41) is 9.53. The van der Waals surface area contributed by atoms with Crippen molar-refractivity contribution in [3.8, 4) is 0 Å². The van der Waals surface area contributed by atoms with E-state index < -0.39 is 0 Å². The average molecular weight is 158 g/mol. The fourth-order valence-corrected chi connectivity index (χ4v) is 1.82. The lowest BCUT2D eigenvalue weighted by Crippen LogP contribution is -2.20. The molecule has 1 N–H and O–H groups in total. The van der Waals surface area contributed by atoms with Gasteiger partial charge in [0.2, 0.25) is 0 Å². The number of hydrogen-bond donors (Lipinski definition) is 1. The van der Waals surface area contributed by atoms with Crippen molar-refractivity contribution >= 4 is 0 Å². The Bertz CT molecular complexity index is 100. The summed E-state index contributed by atoms with van der Waals surface area (Å²) in [5.41, 5.74) is 0.00694. The molecule has 1 saturated carbocycles. The average Bonchev–Trinajstić information content (AvgIpc) is 2.10. The van der Waals surface area contributed by atoms with E-state index in [-0.39, 0.29) is 5.60 Å². The fraction of sp³-hybridized carbons (Fsp3) is 1.00. The molecule has 0 bridgehead atoms. The van der Waals surface area contributed by atoms with Crippen LogP contribution in [0.4, 0.5) is 0 Å². The molecule has 0 aliphatic heterocycles. The lowest BCUT2D eigenvalue weighted by molar-refractivity contribution is 0.0571. The van der Waals surface area contributed by atoms with E-state index in [0.717, 1.165) is 12.8 Å². The van der Waals surface area contributed by atoms with Gasteiger partial charge in [0.25, 0.3) is 0 Å². The van der Waals surface area contributed by atoms with Gasteiger partial charge in [-0.15, -0.1) is 0 Å². The molecule has 1 aliphatic rings. The van der Waals surface area contributed by atoms with Crippen LogP contribution < -0.4 is 0 Å². The zero-order chi connectivity index (χ0) is 9.12. The van der Waals surface area contributed by atoms with Crippen LogP contribution in [0.25, 0.3) is 0 Å². The van der Waals surface area contributed by atoms with Gasteiger partial charge in [0.15, 0.2) is 0 Å². The molecule has 0 heterocycles. The molecule has 0 saturated heterocycles. The van der Waals surface area contributed by atoms with Crippen molar-refractivity contribution in [1.82, 2.24) is 0 Å². The highest BCUT2D eigenvalue weighted by Crippen LogP contribution is 2.42. The van der Waals surface area contributed by atoms with Crippen LogP contribution in [-0.4, -0.2) is 10.7 Å². The zero-order valence-corrected chi connectivity index (χ0v) is 8.57. The molecule has 0 spiro atoms. The number of rotatable bonds is 0. The van der Waals surface area contributed by atoms with Crippen LogP contribution in [0.3, 0.4) is 0 Å². The van der Waals surface area contributed by atoms with Crippen LogP contribution in [-0.2, 0) is 0 Å². The van der Waals surface area contributed by atoms with Crippen LogP contribution in [0.2, 0.25) is 0 Å². The largest absolute Gasteiger partial charge is 0.390 e. The Hall–Kier alpha value is -0.0400. The molecule has 0 amide bonds. The van der Waals surface area contributed by atoms with E-state index in [1.807, 2.05) is 20.8 Å². The Balaban J connectivity index is 0.000000461. The summed E-state index contributed by atoms with van der Waals surface area (Å²) >= 11 is 0. The standard InChI is InChI=1S/C8H16O.C2H6/c1-7(2)4-5-8(3,9)6-7;1-2/h9H,4-6H2,1-3H3;1-2H3. The number of aliphatic hydroxyl groups is 1. The predicted octanol–water partition coefficient (Wildman–Crippen LogP) is 2.97. The maximum absolute atomic E-state index is 9.53. The van der Waals surface area contributed by atoms with Gasteiger partial charge in [0.1, 0.15) is 0 Å². The second-order valence-corrected chi connectivity index (χ2v) is 4.34. The molecule has 1 atom stereocenters. The van der Waals surface area contributed by atoms with Crippen LogP contribution >= 0.6 is 0 Å². The van der Waals surface area contributed by atoms with Crippen molar-refractivity contribution in [1.29, 1.82) is 0 Å². The Morgan fingerprint density at radius 3 is 1.55 bits per heavy atom. The van der Waals surface area contributed by atoms with Crippen LogP contribution in [0.1, 0.15) is 53.9 Å². The second-order valence-electron chi connectivity index (χ2n) is 4.34. The summed E-state index contributed by atoms with van der Waals surface area (Å²) in [5.74, 6) is 0. The van der Waals surface area contributed by atoms with E-state index in [0.29, 0.717) is 5.41 Å². The fourth-order valence-electron chi connectivity index (χ4n) is 1.82. The third-order valence-electron chi connectivity index (χ3n) is 2.20. The molecule has 1 fully saturated rings. The van der Waals surface area contributed by atoms with Crippen molar-refractivity contribution in [3.63, 3.8) is 0 Å². The SMILES string of the molecule is CC.CC1(C)CCC(C)(O)C1. The molecule has 68 valence electrons. The highest BCUT2D eigenvalue weighted by Gasteiger charge is 2.37. The molecule has 1 aliphatic carbocycles. The van der Waals surface area contributed by atoms with Gasteiger partial charge in [-0.2, -0.15) is 0 Å². The van der Waals surface area contributed by atoms with Crippen LogP contribution in [0, 0.1) is 5.41 Å². The van der Waals surface area contributed by atoms with Crippen molar-refractivity contribution in [3.05, 3.63) is 0 Å². The summed E-state index contributed by atoms with van der Waals surface area (Å²) in [6.45, 7) is 10.4. The minimum atomic E-state index is -0.372. The summed E-state index contributed by atoms with van der Waals surface area (Å²) in [4.78, 5) is 0. The van der Waals surface area contributed by atoms with Gasteiger partial charge in [0, 0.05) is 0 Å². The predicted molar refractivity (Wildman–Crippen MR) is 49.6 cm³/mol. The molecule has 11 heavy (non-hydrogen) atoms. The Labute approximate surface area is 70.8 Å². The summed E-state index contributed by atoms with van der Waals surface area (Å²) in [7, 11) is 0. The first-order valence-electron chi connectivity index (χ1n) is 4.64. The van der Waals surface area contributed by atoms with Crippen molar-refractivity contribution in [2.24, 2.45) is 5.41 Å². The van der Waals surface area contributed by atoms with Crippen molar-refractivity contribution in [2.75, 3.05) is 0 Å². The molecular formula is C10H22O. The first-order valence-corrected chi connectivity index (χ1v) is 4.64. The van der Waals surface area contributed by atoms with E-state index in [9.17, 15) is 5.11 Å². The highest BCUT2D eigenvalue weighted by molar-refractivity contribution is 4.90. The van der Waals surface area contributed by atoms with E-state index >= 15 is 0 Å². The Morgan fingerprint density at radius 2 is 1.45 bits per heavy atom. The maximum Gasteiger partial charge on any atom is 0.0625 e. The van der Waals surface area contributed by atoms with E-state index in [2.05, 4.69) is 13.8 Å². The molecule has 0 aromatic carbocycles. The smallest absolute Gasteiger partial charge is 0.0625 e. The lowest BCUT2D eigenvalue weighted by atomic mass is 9.90. The van der Waals surface area contributed by atoms with Crippen molar-refractivity contribution < 1.29 is 5.11 Å². The monoisotopic (exact) mass is 158 g/mol. The first-order chi connectivity index (χ1) is 4.91. The Kier molecular flexibility index (Phi) is 3.56. The van der Waals surface area contributed by atoms with E-state index in [1.54, 1.807) is 0 Å². The van der Waals surface area contributed by atoms with Gasteiger partial charge in [-0.25, -0.2) is 0 Å². The minimum Gasteiger partial charge on any atom is -0.390 e. The summed E-state index contributed by atoms with van der Waals surface area (Å²) < 4.78 is 0. The molecule has 0 aromatic rings. The normalized spacial score (nSPS) is 34.4. The highest BCUT2D eigenvalue weighted by atomic mass is 16.3. The minimum absolute atomic E-state index is 0.372. The Morgan fingerprint density at radius 1 is 1.00 bits per heavy atom. The van der Waals surface area contributed by atoms with Crippen LogP contribution in [0.15, 0.2) is 0 Å². The molecule has 1 heteroatoms. The van der Waals surface area contributed by atoms with Crippen molar-refractivity contribution in [2.45, 2.75) is 59.5 Å². The quantitative estimate of drug-likeness (QED) is 0.574. The van der Waals surface area contributed by atoms with E-state index in [1.165, 1.54) is 6.42 Å². The zero-order valence-electron chi connectivity index (χ0n) is 8.57. The molecule has 0 radical (unpaired) electrons. The second kappa shape index (κ2) is 3.57. The van der Waals surface area contributed by atoms with Gasteiger partial charge in [-0.1, -0.05) is 27.7 Å². The van der Waals surface area contributed by atoms with Gasteiger partial charge >= 0.3 is 0 Å². The first kappa shape index (κ1) is 11.0. The molecule has 1 rings (SSSR count). The molecule has 1 nitrogen and oxygen atoms in total. The number of hydrogen-bond acceptors (Lipinski definition) is 1. The third kappa shape index (κ3) is 3.76. The maximum atomic E-state index is 9.53. The lowest BCUT2D eigenvalue weighted by Gasteiger charge is -2.19. The topological polar surface area (TPSA) is 20.2 Å². The third-order valence-corrected chi connectivity index (χ3v) is 2.20. The summed E-state index contributed by atoms with van der Waals surface area (Å²) in [6.07, 6.45) is 3.10. The van der Waals surface area contributed by atoms with Gasteiger partial charge in [0.05, 0.1) is 5.60 Å². The molecule has 0 aromatic heterocycles. The summed E-state index contributed by atoms with van der Waals surface area (Å²) in [6, 6.07) is 0. The van der Waals surface area contributed by atoms with Gasteiger partial charge in [-0.3, -0.25) is 0 Å². The van der Waals surface area contributed by atoms with Crippen LogP contribution in [0.5, 0.6) is 0 Å².